The highest BCUT2D eigenvalue weighted by molar-refractivity contribution is 5.49. The van der Waals surface area contributed by atoms with Crippen molar-refractivity contribution in [2.24, 2.45) is 0 Å². The maximum Gasteiger partial charge on any atom is 0.123 e. The number of benzene rings is 1. The van der Waals surface area contributed by atoms with Gasteiger partial charge in [0.1, 0.15) is 5.82 Å². The highest BCUT2D eigenvalue weighted by atomic mass is 19.1. The van der Waals surface area contributed by atoms with Crippen LogP contribution < -0.4 is 11.1 Å². The van der Waals surface area contributed by atoms with Crippen LogP contribution in [0.15, 0.2) is 18.2 Å². The first kappa shape index (κ1) is 7.55. The average Bonchev–Trinajstić information content (AvgIpc) is 1.93. The molecule has 0 radical (unpaired) electrons. The number of anilines is 1. The summed E-state index contributed by atoms with van der Waals surface area (Å²) in [6.07, 6.45) is 1.05. The topological polar surface area (TPSA) is 38.0 Å². The van der Waals surface area contributed by atoms with Crippen LogP contribution in [0.3, 0.4) is 0 Å². The van der Waals surface area contributed by atoms with E-state index in [1.54, 1.807) is 6.07 Å². The monoisotopic (exact) mass is 166 g/mol. The lowest BCUT2D eigenvalue weighted by Gasteiger charge is -2.28. The van der Waals surface area contributed by atoms with E-state index in [1.165, 1.54) is 12.1 Å². The van der Waals surface area contributed by atoms with Gasteiger partial charge in [0.05, 0.1) is 0 Å². The number of rotatable bonds is 1. The second kappa shape index (κ2) is 2.75. The molecule has 1 aliphatic heterocycles. The van der Waals surface area contributed by atoms with Gasteiger partial charge in [-0.3, -0.25) is 0 Å². The van der Waals surface area contributed by atoms with E-state index in [0.29, 0.717) is 5.69 Å². The fourth-order valence-electron chi connectivity index (χ4n) is 1.40. The molecule has 64 valence electrons. The van der Waals surface area contributed by atoms with E-state index in [-0.39, 0.29) is 11.9 Å². The number of hydrogen-bond donors (Lipinski definition) is 2. The Hall–Kier alpha value is -1.09. The van der Waals surface area contributed by atoms with Crippen LogP contribution in [0.1, 0.15) is 18.0 Å². The molecule has 1 unspecified atom stereocenters. The number of nitrogens with two attached hydrogens (primary N) is 1. The molecular weight excluding hydrogens is 155 g/mol. The van der Waals surface area contributed by atoms with Crippen molar-refractivity contribution in [1.29, 1.82) is 0 Å². The second-order valence-electron chi connectivity index (χ2n) is 3.07. The van der Waals surface area contributed by atoms with E-state index < -0.39 is 0 Å². The summed E-state index contributed by atoms with van der Waals surface area (Å²) in [5.74, 6) is -0.215. The minimum absolute atomic E-state index is 0.215. The zero-order valence-corrected chi connectivity index (χ0v) is 6.68. The summed E-state index contributed by atoms with van der Waals surface area (Å²) < 4.78 is 12.8. The minimum atomic E-state index is -0.215. The fraction of sp³-hybridized carbons (Fsp3) is 0.333. The van der Waals surface area contributed by atoms with Crippen molar-refractivity contribution >= 4 is 5.69 Å². The van der Waals surface area contributed by atoms with E-state index in [9.17, 15) is 4.39 Å². The largest absolute Gasteiger partial charge is 0.398 e. The smallest absolute Gasteiger partial charge is 0.123 e. The van der Waals surface area contributed by atoms with Gasteiger partial charge >= 0.3 is 0 Å². The van der Waals surface area contributed by atoms with Crippen LogP contribution in [-0.2, 0) is 0 Å². The quantitative estimate of drug-likeness (QED) is 0.619. The Morgan fingerprint density at radius 2 is 2.25 bits per heavy atom. The number of halogens is 1. The molecular formula is C9H11FN2. The maximum absolute atomic E-state index is 12.8. The molecule has 1 saturated heterocycles. The zero-order chi connectivity index (χ0) is 8.55. The van der Waals surface area contributed by atoms with Crippen molar-refractivity contribution in [3.63, 3.8) is 0 Å². The Labute approximate surface area is 70.6 Å². The van der Waals surface area contributed by atoms with Crippen molar-refractivity contribution in [3.8, 4) is 0 Å². The lowest BCUT2D eigenvalue weighted by atomic mass is 9.96. The van der Waals surface area contributed by atoms with Crippen LogP contribution in [0.2, 0.25) is 0 Å². The summed E-state index contributed by atoms with van der Waals surface area (Å²) in [7, 11) is 0. The molecule has 1 fully saturated rings. The highest BCUT2D eigenvalue weighted by Crippen LogP contribution is 2.27. The molecule has 0 bridgehead atoms. The zero-order valence-electron chi connectivity index (χ0n) is 6.68. The molecule has 1 heterocycles. The van der Waals surface area contributed by atoms with Gasteiger partial charge in [-0.15, -0.1) is 0 Å². The van der Waals surface area contributed by atoms with E-state index in [4.69, 9.17) is 5.73 Å². The van der Waals surface area contributed by atoms with E-state index in [0.717, 1.165) is 18.5 Å². The molecule has 1 atom stereocenters. The lowest BCUT2D eigenvalue weighted by Crippen LogP contribution is -2.35. The van der Waals surface area contributed by atoms with Gasteiger partial charge in [-0.25, -0.2) is 4.39 Å². The summed E-state index contributed by atoms with van der Waals surface area (Å²) in [6, 6.07) is 4.77. The van der Waals surface area contributed by atoms with Crippen molar-refractivity contribution in [2.75, 3.05) is 12.3 Å². The van der Waals surface area contributed by atoms with Gasteiger partial charge in [0, 0.05) is 11.7 Å². The van der Waals surface area contributed by atoms with Gasteiger partial charge < -0.3 is 11.1 Å². The van der Waals surface area contributed by atoms with Crippen LogP contribution in [-0.4, -0.2) is 6.54 Å². The van der Waals surface area contributed by atoms with E-state index in [1.807, 2.05) is 0 Å². The van der Waals surface area contributed by atoms with Crippen molar-refractivity contribution < 1.29 is 4.39 Å². The van der Waals surface area contributed by atoms with Crippen molar-refractivity contribution in [1.82, 2.24) is 5.32 Å². The molecule has 3 heteroatoms. The highest BCUT2D eigenvalue weighted by Gasteiger charge is 2.20. The normalized spacial score (nSPS) is 21.9. The lowest BCUT2D eigenvalue weighted by molar-refractivity contribution is 0.383. The molecule has 1 aliphatic rings. The summed E-state index contributed by atoms with van der Waals surface area (Å²) >= 11 is 0. The summed E-state index contributed by atoms with van der Waals surface area (Å²) in [6.45, 7) is 1.00. The Kier molecular flexibility index (Phi) is 1.73. The molecule has 1 aromatic rings. The number of nitrogen functional groups attached to an aromatic ring is 1. The van der Waals surface area contributed by atoms with Crippen LogP contribution in [0.4, 0.5) is 10.1 Å². The third-order valence-corrected chi connectivity index (χ3v) is 2.25. The summed E-state index contributed by atoms with van der Waals surface area (Å²) in [4.78, 5) is 0. The first-order valence-corrected chi connectivity index (χ1v) is 4.05. The Morgan fingerprint density at radius 1 is 1.50 bits per heavy atom. The van der Waals surface area contributed by atoms with Gasteiger partial charge in [0.15, 0.2) is 0 Å². The maximum atomic E-state index is 12.8. The minimum Gasteiger partial charge on any atom is -0.398 e. The first-order valence-electron chi connectivity index (χ1n) is 4.05. The molecule has 0 spiro atoms. The molecule has 3 N–H and O–H groups in total. The van der Waals surface area contributed by atoms with Gasteiger partial charge in [-0.2, -0.15) is 0 Å². The molecule has 0 amide bonds. The molecule has 0 saturated carbocycles. The van der Waals surface area contributed by atoms with Crippen molar-refractivity contribution in [3.05, 3.63) is 29.6 Å². The average molecular weight is 166 g/mol. The van der Waals surface area contributed by atoms with Crippen molar-refractivity contribution in [2.45, 2.75) is 12.5 Å². The van der Waals surface area contributed by atoms with Gasteiger partial charge in [-0.1, -0.05) is 0 Å². The molecule has 2 nitrogen and oxygen atoms in total. The van der Waals surface area contributed by atoms with E-state index >= 15 is 0 Å². The van der Waals surface area contributed by atoms with Gasteiger partial charge in [-0.05, 0) is 36.7 Å². The van der Waals surface area contributed by atoms with Crippen LogP contribution in [0.25, 0.3) is 0 Å². The third kappa shape index (κ3) is 1.16. The Morgan fingerprint density at radius 3 is 2.83 bits per heavy atom. The molecule has 2 rings (SSSR count). The van der Waals surface area contributed by atoms with E-state index in [2.05, 4.69) is 5.32 Å². The van der Waals surface area contributed by atoms with Crippen LogP contribution in [0, 0.1) is 5.82 Å². The Bertz CT molecular complexity index is 295. The molecule has 1 aromatic carbocycles. The SMILES string of the molecule is Nc1ccc(F)cc1C1CCN1. The van der Waals surface area contributed by atoms with Gasteiger partial charge in [0.25, 0.3) is 0 Å². The summed E-state index contributed by atoms with van der Waals surface area (Å²) in [5, 5.41) is 3.18. The standard InChI is InChI=1S/C9H11FN2/c10-6-1-2-8(11)7(5-6)9-3-4-12-9/h1-2,5,9,12H,3-4,11H2. The third-order valence-electron chi connectivity index (χ3n) is 2.25. The number of hydrogen-bond acceptors (Lipinski definition) is 2. The number of nitrogens with one attached hydrogen (secondary N) is 1. The predicted molar refractivity (Wildman–Crippen MR) is 46.2 cm³/mol. The molecule has 0 aliphatic carbocycles. The summed E-state index contributed by atoms with van der Waals surface area (Å²) in [5.41, 5.74) is 7.26. The fourth-order valence-corrected chi connectivity index (χ4v) is 1.40. The molecule has 12 heavy (non-hydrogen) atoms. The van der Waals surface area contributed by atoms with Crippen LogP contribution in [0.5, 0.6) is 0 Å². The molecule has 0 aromatic heterocycles. The van der Waals surface area contributed by atoms with Crippen LogP contribution >= 0.6 is 0 Å². The second-order valence-corrected chi connectivity index (χ2v) is 3.07. The first-order chi connectivity index (χ1) is 5.77. The predicted octanol–water partition coefficient (Wildman–Crippen LogP) is 1.44. The van der Waals surface area contributed by atoms with Gasteiger partial charge in [0.2, 0.25) is 0 Å². The Balaban J connectivity index is 2.34.